The van der Waals surface area contributed by atoms with Crippen molar-refractivity contribution < 1.29 is 23.5 Å². The molecule has 1 aliphatic heterocycles. The average molecular weight is 513 g/mol. The number of aryl methyl sites for hydroxylation is 1. The van der Waals surface area contributed by atoms with Crippen LogP contribution >= 0.6 is 23.4 Å². The van der Waals surface area contributed by atoms with Crippen LogP contribution in [0.15, 0.2) is 59.6 Å². The van der Waals surface area contributed by atoms with Crippen molar-refractivity contribution in [3.63, 3.8) is 0 Å². The molecule has 0 radical (unpaired) electrons. The van der Waals surface area contributed by atoms with Gasteiger partial charge in [0.25, 0.3) is 17.0 Å². The van der Waals surface area contributed by atoms with Crippen molar-refractivity contribution in [2.45, 2.75) is 13.3 Å². The highest BCUT2D eigenvalue weighted by Gasteiger charge is 2.36. The molecule has 1 saturated heterocycles. The summed E-state index contributed by atoms with van der Waals surface area (Å²) in [4.78, 5) is 45.8. The molecule has 3 amide bonds. The Kier molecular flexibility index (Phi) is 7.42. The maximum Gasteiger partial charge on any atom is 0.294 e. The summed E-state index contributed by atoms with van der Waals surface area (Å²) < 4.78 is 19.3. The zero-order chi connectivity index (χ0) is 24.9. The number of thioether (sulfide) groups is 1. The van der Waals surface area contributed by atoms with Gasteiger partial charge in [0.2, 0.25) is 17.0 Å². The van der Waals surface area contributed by atoms with Crippen LogP contribution in [0.3, 0.4) is 0 Å². The van der Waals surface area contributed by atoms with Gasteiger partial charge in [-0.05, 0) is 71.3 Å². The van der Waals surface area contributed by atoms with Gasteiger partial charge in [0.15, 0.2) is 0 Å². The van der Waals surface area contributed by atoms with Gasteiger partial charge in [-0.3, -0.25) is 19.3 Å². The number of nitrogens with zero attached hydrogens (tertiary/aromatic N) is 3. The van der Waals surface area contributed by atoms with Gasteiger partial charge in [-0.1, -0.05) is 31.2 Å². The minimum atomic E-state index is -0.791. The fourth-order valence-corrected chi connectivity index (χ4v) is 4.10. The van der Waals surface area contributed by atoms with E-state index in [0.717, 1.165) is 34.8 Å². The second kappa shape index (κ2) is 10.7. The fraction of sp³-hybridized carbons (Fsp3) is 0.125. The zero-order valence-corrected chi connectivity index (χ0v) is 19.9. The normalized spacial score (nSPS) is 14.5. The Morgan fingerprint density at radius 3 is 2.74 bits per heavy atom. The summed E-state index contributed by atoms with van der Waals surface area (Å²) in [5.74, 6) is -1.98. The van der Waals surface area contributed by atoms with Crippen LogP contribution in [0.4, 0.5) is 14.9 Å². The number of carbonyl (C=O) groups excluding carboxylic acids is 3. The third-order valence-electron chi connectivity index (χ3n) is 4.87. The van der Waals surface area contributed by atoms with E-state index in [1.807, 2.05) is 19.1 Å². The molecule has 0 aliphatic carbocycles. The summed E-state index contributed by atoms with van der Waals surface area (Å²) >= 11 is 6.40. The third-order valence-corrected chi connectivity index (χ3v) is 5.96. The van der Waals surface area contributed by atoms with Gasteiger partial charge in [0, 0.05) is 5.69 Å². The number of imide groups is 1. The van der Waals surface area contributed by atoms with Gasteiger partial charge in [0.05, 0.1) is 11.1 Å². The smallest absolute Gasteiger partial charge is 0.294 e. The first kappa shape index (κ1) is 24.4. The maximum absolute atomic E-state index is 13.9. The Labute approximate surface area is 209 Å². The fourth-order valence-electron chi connectivity index (χ4n) is 3.14. The topological polar surface area (TPSA) is 101 Å². The van der Waals surface area contributed by atoms with E-state index in [1.165, 1.54) is 12.1 Å². The number of carbonyl (C=O) groups is 3. The summed E-state index contributed by atoms with van der Waals surface area (Å²) in [6, 6.07) is 13.7. The molecule has 3 aromatic rings. The molecule has 2 heterocycles. The molecular weight excluding hydrogens is 495 g/mol. The van der Waals surface area contributed by atoms with Crippen molar-refractivity contribution in [1.82, 2.24) is 14.9 Å². The molecule has 0 saturated carbocycles. The van der Waals surface area contributed by atoms with Gasteiger partial charge >= 0.3 is 0 Å². The first-order valence-electron chi connectivity index (χ1n) is 10.4. The molecule has 0 atom stereocenters. The van der Waals surface area contributed by atoms with Crippen LogP contribution in [0, 0.1) is 5.82 Å². The quantitative estimate of drug-likeness (QED) is 0.338. The third kappa shape index (κ3) is 6.03. The molecule has 0 unspecified atom stereocenters. The number of benzene rings is 2. The van der Waals surface area contributed by atoms with Crippen molar-refractivity contribution >= 4 is 52.2 Å². The van der Waals surface area contributed by atoms with E-state index in [1.54, 1.807) is 30.3 Å². The molecular formula is C24H18ClFN4O4S. The highest BCUT2D eigenvalue weighted by molar-refractivity contribution is 8.18. The molecule has 0 spiro atoms. The Morgan fingerprint density at radius 1 is 1.23 bits per heavy atom. The summed E-state index contributed by atoms with van der Waals surface area (Å²) in [7, 11) is 0. The van der Waals surface area contributed by atoms with E-state index in [0.29, 0.717) is 11.3 Å². The predicted octanol–water partition coefficient (Wildman–Crippen LogP) is 5.30. The number of halogens is 2. The van der Waals surface area contributed by atoms with E-state index in [9.17, 15) is 18.8 Å². The van der Waals surface area contributed by atoms with E-state index in [4.69, 9.17) is 16.3 Å². The van der Waals surface area contributed by atoms with E-state index < -0.39 is 29.4 Å². The molecule has 178 valence electrons. The Bertz CT molecular complexity index is 1330. The molecule has 35 heavy (non-hydrogen) atoms. The number of ether oxygens (including phenoxy) is 1. The Morgan fingerprint density at radius 2 is 2.00 bits per heavy atom. The molecule has 1 aliphatic rings. The molecule has 1 N–H and O–H groups in total. The lowest BCUT2D eigenvalue weighted by Gasteiger charge is -2.12. The minimum absolute atomic E-state index is 0.142. The van der Waals surface area contributed by atoms with E-state index in [-0.39, 0.29) is 21.8 Å². The van der Waals surface area contributed by atoms with Gasteiger partial charge in [-0.2, -0.15) is 9.37 Å². The van der Waals surface area contributed by atoms with Crippen molar-refractivity contribution in [1.29, 1.82) is 0 Å². The monoisotopic (exact) mass is 512 g/mol. The number of amides is 3. The number of anilines is 1. The molecule has 11 heteroatoms. The lowest BCUT2D eigenvalue weighted by Crippen LogP contribution is -2.36. The van der Waals surface area contributed by atoms with Crippen molar-refractivity contribution in [2.24, 2.45) is 0 Å². The number of rotatable bonds is 7. The maximum atomic E-state index is 13.9. The van der Waals surface area contributed by atoms with Crippen LogP contribution in [-0.2, 0) is 16.0 Å². The minimum Gasteiger partial charge on any atom is -0.436 e. The summed E-state index contributed by atoms with van der Waals surface area (Å²) in [5.41, 5.74) is 2.22. The number of hydrogen-bond acceptors (Lipinski definition) is 7. The van der Waals surface area contributed by atoms with Gasteiger partial charge < -0.3 is 10.1 Å². The lowest BCUT2D eigenvalue weighted by atomic mass is 10.1. The average Bonchev–Trinajstić information content (AvgIpc) is 3.09. The highest BCUT2D eigenvalue weighted by Crippen LogP contribution is 2.33. The second-order valence-corrected chi connectivity index (χ2v) is 8.66. The van der Waals surface area contributed by atoms with Gasteiger partial charge in [0.1, 0.15) is 12.3 Å². The first-order chi connectivity index (χ1) is 16.8. The van der Waals surface area contributed by atoms with Crippen LogP contribution in [-0.4, -0.2) is 38.5 Å². The van der Waals surface area contributed by atoms with Gasteiger partial charge in [-0.25, -0.2) is 4.98 Å². The van der Waals surface area contributed by atoms with E-state index in [2.05, 4.69) is 15.3 Å². The number of hydrogen-bond donors (Lipinski definition) is 1. The molecule has 2 aromatic carbocycles. The summed E-state index contributed by atoms with van der Waals surface area (Å²) in [6.45, 7) is 1.62. The lowest BCUT2D eigenvalue weighted by molar-refractivity contribution is -0.127. The van der Waals surface area contributed by atoms with E-state index >= 15 is 0 Å². The van der Waals surface area contributed by atoms with Crippen LogP contribution in [0.1, 0.15) is 18.1 Å². The zero-order valence-electron chi connectivity index (χ0n) is 18.3. The Hall–Kier alpha value is -3.76. The number of aromatic nitrogens is 2. The van der Waals surface area contributed by atoms with Crippen LogP contribution in [0.2, 0.25) is 5.28 Å². The number of nitrogens with one attached hydrogen (secondary N) is 1. The molecule has 4 rings (SSSR count). The van der Waals surface area contributed by atoms with Gasteiger partial charge in [-0.15, -0.1) is 0 Å². The first-order valence-corrected chi connectivity index (χ1v) is 11.6. The molecule has 8 nitrogen and oxygen atoms in total. The van der Waals surface area contributed by atoms with Crippen molar-refractivity contribution in [2.75, 3.05) is 11.9 Å². The van der Waals surface area contributed by atoms with Crippen LogP contribution in [0.25, 0.3) is 6.08 Å². The highest BCUT2D eigenvalue weighted by atomic mass is 35.5. The molecule has 1 fully saturated rings. The standard InChI is InChI=1S/C24H18ClFN4O4S/c1-2-14-6-8-16(9-7-14)28-20(31)13-30-22(32)19(35-24(30)33)11-15-4-3-5-17(10-15)34-21-18(26)12-27-23(25)29-21/h3-12H,2,13H2,1H3,(H,28,31)/b19-11+. The second-order valence-electron chi connectivity index (χ2n) is 7.33. The SMILES string of the molecule is CCc1ccc(NC(=O)CN2C(=O)S/C(=C/c3cccc(Oc4nc(Cl)ncc4F)c3)C2=O)cc1. The summed E-state index contributed by atoms with van der Waals surface area (Å²) in [5, 5.41) is 1.96. The predicted molar refractivity (Wildman–Crippen MR) is 131 cm³/mol. The molecule has 0 bridgehead atoms. The van der Waals surface area contributed by atoms with Crippen molar-refractivity contribution in [3.8, 4) is 11.6 Å². The Balaban J connectivity index is 1.44. The van der Waals surface area contributed by atoms with Crippen LogP contribution < -0.4 is 10.1 Å². The largest absolute Gasteiger partial charge is 0.436 e. The molecule has 1 aromatic heterocycles. The van der Waals surface area contributed by atoms with Crippen molar-refractivity contribution in [3.05, 3.63) is 81.9 Å². The van der Waals surface area contributed by atoms with Crippen LogP contribution in [0.5, 0.6) is 11.6 Å². The summed E-state index contributed by atoms with van der Waals surface area (Å²) in [6.07, 6.45) is 3.25.